The molecule has 2 bridgehead atoms. The summed E-state index contributed by atoms with van der Waals surface area (Å²) in [7, 11) is 4.61. The topological polar surface area (TPSA) is 35.7 Å². The summed E-state index contributed by atoms with van der Waals surface area (Å²) < 4.78 is 0. The molecule has 3 aliphatic rings. The standard InChI is InChI=1S/C17H34N4/c1-4-14-12-19(2)8-5-9-21(14)17(13-18)10-15-6-7-16(11-17)20(15)3/h14-16H,4-13,18H2,1-3H3. The monoisotopic (exact) mass is 294 g/mol. The van der Waals surface area contributed by atoms with Crippen molar-refractivity contribution >= 4 is 0 Å². The van der Waals surface area contributed by atoms with Crippen molar-refractivity contribution in [1.82, 2.24) is 14.7 Å². The van der Waals surface area contributed by atoms with Crippen molar-refractivity contribution in [3.8, 4) is 0 Å². The van der Waals surface area contributed by atoms with Crippen LogP contribution < -0.4 is 5.73 Å². The second-order valence-electron chi connectivity index (χ2n) is 7.76. The fraction of sp³-hybridized carbons (Fsp3) is 1.00. The fourth-order valence-electron chi connectivity index (χ4n) is 5.28. The van der Waals surface area contributed by atoms with Crippen LogP contribution in [0.5, 0.6) is 0 Å². The number of fused-ring (bicyclic) bond motifs is 2. The first-order valence-electron chi connectivity index (χ1n) is 8.97. The van der Waals surface area contributed by atoms with Crippen LogP contribution in [0.3, 0.4) is 0 Å². The lowest BCUT2D eigenvalue weighted by atomic mass is 9.80. The van der Waals surface area contributed by atoms with E-state index < -0.39 is 0 Å². The Kier molecular flexibility index (Phi) is 4.60. The molecule has 3 fully saturated rings. The van der Waals surface area contributed by atoms with Gasteiger partial charge in [-0.1, -0.05) is 6.92 Å². The summed E-state index contributed by atoms with van der Waals surface area (Å²) in [5.41, 5.74) is 6.66. The molecular weight excluding hydrogens is 260 g/mol. The van der Waals surface area contributed by atoms with Gasteiger partial charge in [0.15, 0.2) is 0 Å². The van der Waals surface area contributed by atoms with Gasteiger partial charge in [0, 0.05) is 43.3 Å². The number of nitrogens with two attached hydrogens (primary N) is 1. The van der Waals surface area contributed by atoms with E-state index in [0.717, 1.165) is 18.6 Å². The minimum atomic E-state index is 0.268. The zero-order valence-electron chi connectivity index (χ0n) is 14.2. The molecule has 0 radical (unpaired) electrons. The average Bonchev–Trinajstić information content (AvgIpc) is 2.70. The van der Waals surface area contributed by atoms with Gasteiger partial charge in [-0.25, -0.2) is 0 Å². The van der Waals surface area contributed by atoms with Crippen molar-refractivity contribution in [3.05, 3.63) is 0 Å². The molecule has 3 aliphatic heterocycles. The number of piperidine rings is 1. The molecule has 3 rings (SSSR count). The summed E-state index contributed by atoms with van der Waals surface area (Å²) in [6.07, 6.45) is 7.88. The van der Waals surface area contributed by atoms with Crippen LogP contribution in [0, 0.1) is 0 Å². The van der Waals surface area contributed by atoms with Gasteiger partial charge in [0.2, 0.25) is 0 Å². The maximum atomic E-state index is 6.40. The van der Waals surface area contributed by atoms with Crippen LogP contribution in [0.2, 0.25) is 0 Å². The molecule has 4 heteroatoms. The third-order valence-corrected chi connectivity index (χ3v) is 6.58. The molecule has 3 atom stereocenters. The van der Waals surface area contributed by atoms with E-state index in [1.54, 1.807) is 0 Å². The predicted molar refractivity (Wildman–Crippen MR) is 88.5 cm³/mol. The normalized spacial score (nSPS) is 43.1. The molecule has 0 saturated carbocycles. The number of hydrogen-bond acceptors (Lipinski definition) is 4. The fourth-order valence-corrected chi connectivity index (χ4v) is 5.28. The molecule has 3 unspecified atom stereocenters. The Morgan fingerprint density at radius 3 is 2.33 bits per heavy atom. The molecule has 4 nitrogen and oxygen atoms in total. The van der Waals surface area contributed by atoms with Crippen LogP contribution in [-0.4, -0.2) is 78.6 Å². The summed E-state index contributed by atoms with van der Waals surface area (Å²) >= 11 is 0. The lowest BCUT2D eigenvalue weighted by Crippen LogP contribution is -2.64. The second-order valence-corrected chi connectivity index (χ2v) is 7.76. The highest BCUT2D eigenvalue weighted by Crippen LogP contribution is 2.43. The van der Waals surface area contributed by atoms with Gasteiger partial charge < -0.3 is 15.5 Å². The SMILES string of the molecule is CCC1CN(C)CCCN1C1(CN)CC2CCC(C1)N2C. The minimum Gasteiger partial charge on any atom is -0.329 e. The molecule has 0 aromatic heterocycles. The van der Waals surface area contributed by atoms with Crippen LogP contribution in [-0.2, 0) is 0 Å². The maximum Gasteiger partial charge on any atom is 0.0364 e. The van der Waals surface area contributed by atoms with Gasteiger partial charge in [0.1, 0.15) is 0 Å². The van der Waals surface area contributed by atoms with E-state index >= 15 is 0 Å². The molecule has 122 valence electrons. The van der Waals surface area contributed by atoms with E-state index in [4.69, 9.17) is 5.73 Å². The first kappa shape index (κ1) is 15.7. The summed E-state index contributed by atoms with van der Waals surface area (Å²) in [6.45, 7) is 6.88. The molecular formula is C17H34N4. The van der Waals surface area contributed by atoms with E-state index in [1.165, 1.54) is 58.2 Å². The van der Waals surface area contributed by atoms with Crippen molar-refractivity contribution in [2.24, 2.45) is 5.73 Å². The highest BCUT2D eigenvalue weighted by Gasteiger charge is 2.50. The number of hydrogen-bond donors (Lipinski definition) is 1. The molecule has 3 heterocycles. The van der Waals surface area contributed by atoms with E-state index in [-0.39, 0.29) is 5.54 Å². The minimum absolute atomic E-state index is 0.268. The molecule has 0 aliphatic carbocycles. The van der Waals surface area contributed by atoms with Gasteiger partial charge in [-0.3, -0.25) is 4.90 Å². The van der Waals surface area contributed by atoms with Gasteiger partial charge in [-0.2, -0.15) is 0 Å². The van der Waals surface area contributed by atoms with Crippen LogP contribution in [0.4, 0.5) is 0 Å². The molecule has 0 spiro atoms. The molecule has 0 aromatic rings. The lowest BCUT2D eigenvalue weighted by Gasteiger charge is -2.53. The number of rotatable bonds is 3. The molecule has 3 saturated heterocycles. The summed E-state index contributed by atoms with van der Waals surface area (Å²) in [5, 5.41) is 0. The Morgan fingerprint density at radius 1 is 1.10 bits per heavy atom. The molecule has 0 aromatic carbocycles. The third-order valence-electron chi connectivity index (χ3n) is 6.58. The predicted octanol–water partition coefficient (Wildman–Crippen LogP) is 1.36. The van der Waals surface area contributed by atoms with Gasteiger partial charge in [0.05, 0.1) is 0 Å². The van der Waals surface area contributed by atoms with Crippen molar-refractivity contribution in [2.45, 2.75) is 69.1 Å². The Morgan fingerprint density at radius 2 is 1.76 bits per heavy atom. The Bertz CT molecular complexity index is 345. The van der Waals surface area contributed by atoms with Crippen molar-refractivity contribution in [2.75, 3.05) is 40.3 Å². The number of nitrogens with zero attached hydrogens (tertiary/aromatic N) is 3. The maximum absolute atomic E-state index is 6.40. The van der Waals surface area contributed by atoms with Crippen LogP contribution in [0.15, 0.2) is 0 Å². The number of likely N-dealkylation sites (N-methyl/N-ethyl adjacent to an activating group) is 1. The second kappa shape index (κ2) is 6.15. The van der Waals surface area contributed by atoms with E-state index in [1.807, 2.05) is 0 Å². The summed E-state index contributed by atoms with van der Waals surface area (Å²) in [6, 6.07) is 2.22. The summed E-state index contributed by atoms with van der Waals surface area (Å²) in [4.78, 5) is 8.00. The van der Waals surface area contributed by atoms with Gasteiger partial charge in [-0.05, 0) is 59.2 Å². The van der Waals surface area contributed by atoms with Crippen LogP contribution in [0.1, 0.15) is 45.4 Å². The highest BCUT2D eigenvalue weighted by atomic mass is 15.3. The molecule has 2 N–H and O–H groups in total. The van der Waals surface area contributed by atoms with Gasteiger partial charge in [0.25, 0.3) is 0 Å². The first-order chi connectivity index (χ1) is 10.1. The lowest BCUT2D eigenvalue weighted by molar-refractivity contribution is -0.0237. The average molecular weight is 294 g/mol. The summed E-state index contributed by atoms with van der Waals surface area (Å²) in [5.74, 6) is 0. The largest absolute Gasteiger partial charge is 0.329 e. The Labute approximate surface area is 130 Å². The van der Waals surface area contributed by atoms with Crippen LogP contribution in [0.25, 0.3) is 0 Å². The van der Waals surface area contributed by atoms with Crippen molar-refractivity contribution < 1.29 is 0 Å². The molecule has 0 amide bonds. The Balaban J connectivity index is 1.84. The zero-order valence-corrected chi connectivity index (χ0v) is 14.2. The molecule has 21 heavy (non-hydrogen) atoms. The smallest absolute Gasteiger partial charge is 0.0364 e. The zero-order chi connectivity index (χ0) is 15.0. The van der Waals surface area contributed by atoms with Gasteiger partial charge >= 0.3 is 0 Å². The van der Waals surface area contributed by atoms with E-state index in [0.29, 0.717) is 6.04 Å². The first-order valence-corrected chi connectivity index (χ1v) is 8.97. The van der Waals surface area contributed by atoms with Crippen molar-refractivity contribution in [1.29, 1.82) is 0 Å². The Hall–Kier alpha value is -0.160. The quantitative estimate of drug-likeness (QED) is 0.852. The van der Waals surface area contributed by atoms with E-state index in [9.17, 15) is 0 Å². The van der Waals surface area contributed by atoms with E-state index in [2.05, 4.69) is 35.7 Å². The highest BCUT2D eigenvalue weighted by molar-refractivity contribution is 5.08. The van der Waals surface area contributed by atoms with Gasteiger partial charge in [-0.15, -0.1) is 0 Å². The third kappa shape index (κ3) is 2.76. The van der Waals surface area contributed by atoms with Crippen molar-refractivity contribution in [3.63, 3.8) is 0 Å². The van der Waals surface area contributed by atoms with Crippen LogP contribution >= 0.6 is 0 Å².